The number of furan rings is 1. The summed E-state index contributed by atoms with van der Waals surface area (Å²) in [6, 6.07) is 13.6. The lowest BCUT2D eigenvalue weighted by Gasteiger charge is -2.25. The molecule has 0 fully saturated rings. The third-order valence-corrected chi connectivity index (χ3v) is 7.59. The van der Waals surface area contributed by atoms with Crippen LogP contribution in [0.15, 0.2) is 80.1 Å². The Bertz CT molecular complexity index is 1870. The number of esters is 1. The maximum Gasteiger partial charge on any atom is 0.338 e. The van der Waals surface area contributed by atoms with Gasteiger partial charge >= 0.3 is 5.97 Å². The maximum atomic E-state index is 13.8. The van der Waals surface area contributed by atoms with Crippen molar-refractivity contribution in [2.75, 3.05) is 13.7 Å². The van der Waals surface area contributed by atoms with E-state index in [-0.39, 0.29) is 28.4 Å². The number of thiazole rings is 1. The summed E-state index contributed by atoms with van der Waals surface area (Å²) in [7, 11) is 1.52. The highest BCUT2D eigenvalue weighted by atomic mass is 35.5. The zero-order chi connectivity index (χ0) is 28.6. The second-order valence-corrected chi connectivity index (χ2v) is 10.1. The molecule has 1 aliphatic heterocycles. The number of aromatic nitrogens is 1. The van der Waals surface area contributed by atoms with Crippen molar-refractivity contribution in [1.29, 1.82) is 0 Å². The lowest BCUT2D eigenvalue weighted by atomic mass is 9.95. The normalized spacial score (nSPS) is 15.0. The number of para-hydroxylation sites is 1. The Labute approximate surface area is 236 Å². The predicted molar refractivity (Wildman–Crippen MR) is 149 cm³/mol. The van der Waals surface area contributed by atoms with Crippen LogP contribution in [0.2, 0.25) is 5.02 Å². The molecule has 0 radical (unpaired) electrons. The number of methoxy groups -OCH3 is 1. The molecule has 4 aromatic rings. The van der Waals surface area contributed by atoms with Crippen LogP contribution < -0.4 is 19.6 Å². The number of nitro benzene ring substituents is 1. The number of halogens is 1. The molecule has 3 heterocycles. The van der Waals surface area contributed by atoms with Crippen LogP contribution >= 0.6 is 22.9 Å². The van der Waals surface area contributed by atoms with Crippen LogP contribution in [0.4, 0.5) is 5.69 Å². The average Bonchev–Trinajstić information content (AvgIpc) is 3.52. The summed E-state index contributed by atoms with van der Waals surface area (Å²) < 4.78 is 18.5. The average molecular weight is 580 g/mol. The molecular formula is C28H22ClN3O7S. The quantitative estimate of drug-likeness (QED) is 0.177. The van der Waals surface area contributed by atoms with Crippen molar-refractivity contribution in [1.82, 2.24) is 4.57 Å². The first-order valence-corrected chi connectivity index (χ1v) is 13.3. The summed E-state index contributed by atoms with van der Waals surface area (Å²) in [4.78, 5) is 42.5. The van der Waals surface area contributed by atoms with Crippen molar-refractivity contribution in [3.63, 3.8) is 0 Å². The van der Waals surface area contributed by atoms with Gasteiger partial charge in [-0.1, -0.05) is 41.1 Å². The van der Waals surface area contributed by atoms with Crippen molar-refractivity contribution in [3.8, 4) is 17.1 Å². The molecule has 2 aromatic carbocycles. The number of non-ortho nitro benzene ring substituents is 1. The first-order chi connectivity index (χ1) is 19.2. The Morgan fingerprint density at radius 2 is 2.02 bits per heavy atom. The minimum Gasteiger partial charge on any atom is -0.496 e. The second-order valence-electron chi connectivity index (χ2n) is 8.67. The maximum absolute atomic E-state index is 13.8. The molecule has 5 rings (SSSR count). The minimum absolute atomic E-state index is 0.130. The molecule has 12 heteroatoms. The number of carbonyl (C=O) groups is 1. The molecule has 0 saturated carbocycles. The Balaban J connectivity index is 1.65. The van der Waals surface area contributed by atoms with Gasteiger partial charge in [-0.05, 0) is 38.1 Å². The number of benzene rings is 2. The molecule has 0 spiro atoms. The van der Waals surface area contributed by atoms with E-state index in [2.05, 4.69) is 4.99 Å². The molecule has 0 N–H and O–H groups in total. The van der Waals surface area contributed by atoms with E-state index < -0.39 is 16.9 Å². The number of carbonyl (C=O) groups excluding carboxylic acids is 1. The first kappa shape index (κ1) is 27.1. The minimum atomic E-state index is -0.829. The molecule has 2 aromatic heterocycles. The molecule has 1 atom stereocenters. The van der Waals surface area contributed by atoms with E-state index in [9.17, 15) is 19.7 Å². The highest BCUT2D eigenvalue weighted by molar-refractivity contribution is 7.07. The zero-order valence-corrected chi connectivity index (χ0v) is 23.1. The number of fused-ring (bicyclic) bond motifs is 1. The van der Waals surface area contributed by atoms with E-state index in [1.165, 1.54) is 29.9 Å². The fourth-order valence-electron chi connectivity index (χ4n) is 4.50. The lowest BCUT2D eigenvalue weighted by Crippen LogP contribution is -2.40. The molecule has 0 aliphatic carbocycles. The van der Waals surface area contributed by atoms with Gasteiger partial charge in [-0.2, -0.15) is 0 Å². The molecule has 0 amide bonds. The predicted octanol–water partition coefficient (Wildman–Crippen LogP) is 4.63. The van der Waals surface area contributed by atoms with Crippen LogP contribution in [-0.4, -0.2) is 29.2 Å². The van der Waals surface area contributed by atoms with Crippen molar-refractivity contribution >= 4 is 40.7 Å². The van der Waals surface area contributed by atoms with Crippen molar-refractivity contribution in [3.05, 3.63) is 112 Å². The fourth-order valence-corrected chi connectivity index (χ4v) is 5.74. The van der Waals surface area contributed by atoms with Crippen molar-refractivity contribution < 1.29 is 23.6 Å². The first-order valence-electron chi connectivity index (χ1n) is 12.1. The van der Waals surface area contributed by atoms with Crippen LogP contribution in [0.5, 0.6) is 5.75 Å². The van der Waals surface area contributed by atoms with Crippen LogP contribution in [-0.2, 0) is 9.53 Å². The smallest absolute Gasteiger partial charge is 0.338 e. The highest BCUT2D eigenvalue weighted by Crippen LogP contribution is 2.36. The van der Waals surface area contributed by atoms with E-state index in [1.807, 2.05) is 0 Å². The third-order valence-electron chi connectivity index (χ3n) is 6.28. The summed E-state index contributed by atoms with van der Waals surface area (Å²) in [5.41, 5.74) is 1.11. The summed E-state index contributed by atoms with van der Waals surface area (Å²) in [5, 5.41) is 11.5. The van der Waals surface area contributed by atoms with E-state index in [4.69, 9.17) is 25.5 Å². The number of allylic oxidation sites excluding steroid dienone is 1. The molecule has 0 saturated heterocycles. The van der Waals surface area contributed by atoms with Crippen molar-refractivity contribution in [2.45, 2.75) is 19.9 Å². The summed E-state index contributed by atoms with van der Waals surface area (Å²) in [5.74, 6) is 0.569. The summed E-state index contributed by atoms with van der Waals surface area (Å²) >= 11 is 7.40. The highest BCUT2D eigenvalue weighted by Gasteiger charge is 2.35. The van der Waals surface area contributed by atoms with Crippen LogP contribution in [0, 0.1) is 10.1 Å². The monoisotopic (exact) mass is 579 g/mol. The number of hydrogen-bond acceptors (Lipinski definition) is 9. The fraction of sp³-hybridized carbons (Fsp3) is 0.179. The second kappa shape index (κ2) is 10.9. The Hall–Kier alpha value is -4.48. The molecule has 204 valence electrons. The van der Waals surface area contributed by atoms with Gasteiger partial charge in [0.2, 0.25) is 0 Å². The van der Waals surface area contributed by atoms with E-state index in [0.29, 0.717) is 43.4 Å². The summed E-state index contributed by atoms with van der Waals surface area (Å²) in [6.45, 7) is 3.57. The van der Waals surface area contributed by atoms with Crippen LogP contribution in [0.25, 0.3) is 17.4 Å². The Kier molecular flexibility index (Phi) is 7.42. The molecule has 10 nitrogen and oxygen atoms in total. The topological polar surface area (TPSA) is 126 Å². The van der Waals surface area contributed by atoms with Crippen LogP contribution in [0.3, 0.4) is 0 Å². The Morgan fingerprint density at radius 1 is 1.25 bits per heavy atom. The number of nitro groups is 1. The van der Waals surface area contributed by atoms with Gasteiger partial charge in [0.1, 0.15) is 23.3 Å². The van der Waals surface area contributed by atoms with Gasteiger partial charge in [-0.25, -0.2) is 9.79 Å². The number of rotatable bonds is 7. The third kappa shape index (κ3) is 4.85. The van der Waals surface area contributed by atoms with Gasteiger partial charge in [-0.3, -0.25) is 19.5 Å². The van der Waals surface area contributed by atoms with E-state index in [0.717, 1.165) is 11.3 Å². The van der Waals surface area contributed by atoms with E-state index in [1.54, 1.807) is 56.3 Å². The van der Waals surface area contributed by atoms with E-state index >= 15 is 0 Å². The van der Waals surface area contributed by atoms with Gasteiger partial charge < -0.3 is 13.9 Å². The lowest BCUT2D eigenvalue weighted by molar-refractivity contribution is -0.384. The van der Waals surface area contributed by atoms with Crippen molar-refractivity contribution in [2.24, 2.45) is 4.99 Å². The van der Waals surface area contributed by atoms with Gasteiger partial charge in [0.25, 0.3) is 11.2 Å². The standard InChI is InChI=1S/C28H22ClN3O7S/c1-4-38-27(34)24-15(2)30-28-31(25(24)18-7-5-6-8-21(18)37-3)26(33)23(40-28)14-17-10-12-22(39-17)19-13-16(32(35)36)9-11-20(19)29/h5-14,25H,4H2,1-3H3. The number of ether oxygens (including phenoxy) is 2. The zero-order valence-electron chi connectivity index (χ0n) is 21.5. The molecule has 1 aliphatic rings. The van der Waals surface area contributed by atoms with Crippen LogP contribution in [0.1, 0.15) is 31.2 Å². The summed E-state index contributed by atoms with van der Waals surface area (Å²) in [6.07, 6.45) is 1.56. The molecule has 40 heavy (non-hydrogen) atoms. The van der Waals surface area contributed by atoms with Gasteiger partial charge in [0.05, 0.1) is 39.5 Å². The van der Waals surface area contributed by atoms with Gasteiger partial charge in [0, 0.05) is 29.3 Å². The molecular weight excluding hydrogens is 558 g/mol. The number of nitrogens with zero attached hydrogens (tertiary/aromatic N) is 3. The molecule has 1 unspecified atom stereocenters. The van der Waals surface area contributed by atoms with Gasteiger partial charge in [-0.15, -0.1) is 0 Å². The Morgan fingerprint density at radius 3 is 2.75 bits per heavy atom. The largest absolute Gasteiger partial charge is 0.496 e. The molecule has 0 bridgehead atoms. The number of hydrogen-bond donors (Lipinski definition) is 0. The van der Waals surface area contributed by atoms with Gasteiger partial charge in [0.15, 0.2) is 4.80 Å². The SMILES string of the molecule is CCOC(=O)C1=C(C)N=c2sc(=Cc3ccc(-c4cc([N+](=O)[O-])ccc4Cl)o3)c(=O)n2C1c1ccccc1OC.